The van der Waals surface area contributed by atoms with Gasteiger partial charge in [-0.1, -0.05) is 12.1 Å². The number of H-pyrrole nitrogens is 1. The molecule has 1 heterocycles. The smallest absolute Gasteiger partial charge is 0.168 e. The maximum Gasteiger partial charge on any atom is 0.168 e. The molecule has 0 atom stereocenters. The summed E-state index contributed by atoms with van der Waals surface area (Å²) in [5.41, 5.74) is 1.67. The summed E-state index contributed by atoms with van der Waals surface area (Å²) in [4.78, 5) is 14.7. The number of hydrogen-bond acceptors (Lipinski definition) is 2. The Hall–Kier alpha value is -2.03. The molecule has 3 heteroatoms. The van der Waals surface area contributed by atoms with Crippen LogP contribution < -0.4 is 4.74 Å². The predicted octanol–water partition coefficient (Wildman–Crippen LogP) is 2.45. The van der Waals surface area contributed by atoms with Crippen LogP contribution in [0.1, 0.15) is 15.9 Å². The van der Waals surface area contributed by atoms with Gasteiger partial charge >= 0.3 is 0 Å². The number of hydrogen-bond donors (Lipinski definition) is 1. The Morgan fingerprint density at radius 1 is 1.38 bits per heavy atom. The third-order valence-corrected chi connectivity index (χ3v) is 2.42. The number of rotatable bonds is 4. The largest absolute Gasteiger partial charge is 0.497 e. The molecule has 0 radical (unpaired) electrons. The monoisotopic (exact) mass is 215 g/mol. The topological polar surface area (TPSA) is 42.1 Å². The van der Waals surface area contributed by atoms with Crippen molar-refractivity contribution in [2.45, 2.75) is 6.42 Å². The van der Waals surface area contributed by atoms with Crippen LogP contribution in [0.3, 0.4) is 0 Å². The van der Waals surface area contributed by atoms with Gasteiger partial charge in [0, 0.05) is 24.4 Å². The molecular weight excluding hydrogens is 202 g/mol. The van der Waals surface area contributed by atoms with Gasteiger partial charge in [0.2, 0.25) is 0 Å². The highest BCUT2D eigenvalue weighted by atomic mass is 16.5. The molecule has 0 aliphatic rings. The van der Waals surface area contributed by atoms with Crippen molar-refractivity contribution >= 4 is 5.78 Å². The van der Waals surface area contributed by atoms with E-state index < -0.39 is 0 Å². The van der Waals surface area contributed by atoms with E-state index in [-0.39, 0.29) is 5.78 Å². The van der Waals surface area contributed by atoms with E-state index in [1.807, 2.05) is 24.3 Å². The van der Waals surface area contributed by atoms with Crippen molar-refractivity contribution in [3.05, 3.63) is 53.9 Å². The zero-order valence-electron chi connectivity index (χ0n) is 9.07. The first-order valence-electron chi connectivity index (χ1n) is 5.08. The minimum absolute atomic E-state index is 0.106. The maximum absolute atomic E-state index is 11.8. The van der Waals surface area contributed by atoms with E-state index in [0.29, 0.717) is 12.0 Å². The Bertz CT molecular complexity index is 474. The molecule has 3 nitrogen and oxygen atoms in total. The first-order valence-corrected chi connectivity index (χ1v) is 5.08. The highest BCUT2D eigenvalue weighted by molar-refractivity contribution is 5.97. The average molecular weight is 215 g/mol. The number of aromatic amines is 1. The Kier molecular flexibility index (Phi) is 3.05. The number of Topliss-reactive ketones (excluding diaryl/α,β-unsaturated/α-hetero) is 1. The number of benzene rings is 1. The minimum atomic E-state index is 0.106. The Morgan fingerprint density at radius 3 is 2.94 bits per heavy atom. The summed E-state index contributed by atoms with van der Waals surface area (Å²) in [6.07, 6.45) is 3.86. The molecule has 0 saturated heterocycles. The van der Waals surface area contributed by atoms with Gasteiger partial charge < -0.3 is 9.72 Å². The van der Waals surface area contributed by atoms with Crippen molar-refractivity contribution in [1.29, 1.82) is 0 Å². The van der Waals surface area contributed by atoms with E-state index in [9.17, 15) is 4.79 Å². The number of nitrogens with one attached hydrogen (secondary N) is 1. The van der Waals surface area contributed by atoms with Crippen molar-refractivity contribution in [1.82, 2.24) is 4.98 Å². The minimum Gasteiger partial charge on any atom is -0.497 e. The van der Waals surface area contributed by atoms with E-state index in [1.54, 1.807) is 25.6 Å². The molecule has 0 aliphatic heterocycles. The molecule has 1 aromatic heterocycles. The van der Waals surface area contributed by atoms with Gasteiger partial charge in [-0.05, 0) is 23.8 Å². The van der Waals surface area contributed by atoms with Crippen molar-refractivity contribution < 1.29 is 9.53 Å². The predicted molar refractivity (Wildman–Crippen MR) is 61.8 cm³/mol. The van der Waals surface area contributed by atoms with Crippen LogP contribution in [0.15, 0.2) is 42.7 Å². The summed E-state index contributed by atoms with van der Waals surface area (Å²) < 4.78 is 5.11. The molecule has 0 spiro atoms. The van der Waals surface area contributed by atoms with Crippen molar-refractivity contribution in [2.75, 3.05) is 7.11 Å². The molecule has 1 aromatic carbocycles. The quantitative estimate of drug-likeness (QED) is 0.796. The number of carbonyl (C=O) groups is 1. The number of ketones is 1. The Morgan fingerprint density at radius 2 is 2.25 bits per heavy atom. The standard InChI is InChI=1S/C13H13NO2/c1-16-12-4-2-3-10(7-12)8-13(15)11-5-6-14-9-11/h2-7,9,14H,8H2,1H3. The Labute approximate surface area is 94.1 Å². The fourth-order valence-electron chi connectivity index (χ4n) is 1.57. The summed E-state index contributed by atoms with van der Waals surface area (Å²) in [5.74, 6) is 0.883. The second-order valence-corrected chi connectivity index (χ2v) is 3.55. The van der Waals surface area contributed by atoms with Gasteiger partial charge in [0.1, 0.15) is 5.75 Å². The first kappa shape index (κ1) is 10.5. The summed E-state index contributed by atoms with van der Waals surface area (Å²) >= 11 is 0. The molecule has 0 aliphatic carbocycles. The van der Waals surface area contributed by atoms with Crippen molar-refractivity contribution in [3.8, 4) is 5.75 Å². The van der Waals surface area contributed by atoms with Gasteiger partial charge in [0.15, 0.2) is 5.78 Å². The molecule has 0 fully saturated rings. The lowest BCUT2D eigenvalue weighted by Gasteiger charge is -2.03. The fourth-order valence-corrected chi connectivity index (χ4v) is 1.57. The second kappa shape index (κ2) is 4.66. The van der Waals surface area contributed by atoms with Gasteiger partial charge in [0.05, 0.1) is 7.11 Å². The first-order chi connectivity index (χ1) is 7.79. The molecule has 2 aromatic rings. The number of methoxy groups -OCH3 is 1. The summed E-state index contributed by atoms with van der Waals surface area (Å²) in [6.45, 7) is 0. The lowest BCUT2D eigenvalue weighted by atomic mass is 10.1. The normalized spacial score (nSPS) is 10.1. The highest BCUT2D eigenvalue weighted by Crippen LogP contribution is 2.14. The van der Waals surface area contributed by atoms with Crippen LogP contribution in [-0.4, -0.2) is 17.9 Å². The molecule has 0 unspecified atom stereocenters. The fraction of sp³-hybridized carbons (Fsp3) is 0.154. The van der Waals surface area contributed by atoms with E-state index in [0.717, 1.165) is 11.3 Å². The molecular formula is C13H13NO2. The Balaban J connectivity index is 2.12. The van der Waals surface area contributed by atoms with Crippen LogP contribution in [0.2, 0.25) is 0 Å². The van der Waals surface area contributed by atoms with E-state index in [4.69, 9.17) is 4.74 Å². The summed E-state index contributed by atoms with van der Waals surface area (Å²) in [6, 6.07) is 9.34. The van der Waals surface area contributed by atoms with E-state index >= 15 is 0 Å². The van der Waals surface area contributed by atoms with Gasteiger partial charge in [-0.2, -0.15) is 0 Å². The van der Waals surface area contributed by atoms with Crippen LogP contribution in [0, 0.1) is 0 Å². The number of aromatic nitrogens is 1. The summed E-state index contributed by atoms with van der Waals surface area (Å²) in [5, 5.41) is 0. The number of ether oxygens (including phenoxy) is 1. The van der Waals surface area contributed by atoms with Crippen LogP contribution >= 0.6 is 0 Å². The molecule has 1 N–H and O–H groups in total. The van der Waals surface area contributed by atoms with Gasteiger partial charge in [-0.3, -0.25) is 4.79 Å². The third kappa shape index (κ3) is 2.31. The SMILES string of the molecule is COc1cccc(CC(=O)c2cc[nH]c2)c1. The summed E-state index contributed by atoms with van der Waals surface area (Å²) in [7, 11) is 1.62. The third-order valence-electron chi connectivity index (χ3n) is 2.42. The highest BCUT2D eigenvalue weighted by Gasteiger charge is 2.07. The van der Waals surface area contributed by atoms with Crippen LogP contribution in [-0.2, 0) is 6.42 Å². The molecule has 0 bridgehead atoms. The molecule has 0 saturated carbocycles. The van der Waals surface area contributed by atoms with Crippen molar-refractivity contribution in [3.63, 3.8) is 0 Å². The second-order valence-electron chi connectivity index (χ2n) is 3.55. The molecule has 16 heavy (non-hydrogen) atoms. The van der Waals surface area contributed by atoms with Gasteiger partial charge in [-0.15, -0.1) is 0 Å². The zero-order valence-corrected chi connectivity index (χ0v) is 9.07. The lowest BCUT2D eigenvalue weighted by Crippen LogP contribution is -2.02. The van der Waals surface area contributed by atoms with Crippen LogP contribution in [0.5, 0.6) is 5.75 Å². The lowest BCUT2D eigenvalue weighted by molar-refractivity contribution is 0.0993. The average Bonchev–Trinajstić information content (AvgIpc) is 2.83. The van der Waals surface area contributed by atoms with E-state index in [2.05, 4.69) is 4.98 Å². The van der Waals surface area contributed by atoms with Gasteiger partial charge in [0.25, 0.3) is 0 Å². The molecule has 82 valence electrons. The maximum atomic E-state index is 11.8. The van der Waals surface area contributed by atoms with Crippen molar-refractivity contribution in [2.24, 2.45) is 0 Å². The zero-order chi connectivity index (χ0) is 11.4. The number of carbonyl (C=O) groups excluding carboxylic acids is 1. The van der Waals surface area contributed by atoms with Gasteiger partial charge in [-0.25, -0.2) is 0 Å². The van der Waals surface area contributed by atoms with E-state index in [1.165, 1.54) is 0 Å². The molecule has 2 rings (SSSR count). The molecule has 0 amide bonds. The van der Waals surface area contributed by atoms with Crippen LogP contribution in [0.25, 0.3) is 0 Å². The van der Waals surface area contributed by atoms with Crippen LogP contribution in [0.4, 0.5) is 0 Å².